The van der Waals surface area contributed by atoms with E-state index in [0.717, 1.165) is 26.4 Å². The number of benzene rings is 1. The first kappa shape index (κ1) is 30.0. The summed E-state index contributed by atoms with van der Waals surface area (Å²) >= 11 is 0. The van der Waals surface area contributed by atoms with Gasteiger partial charge in [-0.3, -0.25) is 4.79 Å². The molecule has 1 aliphatic heterocycles. The first-order chi connectivity index (χ1) is 17.4. The Kier molecular flexibility index (Phi) is 13.7. The van der Waals surface area contributed by atoms with Gasteiger partial charge in [0.2, 0.25) is 5.82 Å². The summed E-state index contributed by atoms with van der Waals surface area (Å²) in [7, 11) is 0.988. The molecule has 1 aromatic rings. The molecular formula is C28H42F3NO4. The van der Waals surface area contributed by atoms with Crippen molar-refractivity contribution in [1.82, 2.24) is 4.90 Å². The van der Waals surface area contributed by atoms with Gasteiger partial charge in [-0.1, -0.05) is 84.0 Å². The van der Waals surface area contributed by atoms with Gasteiger partial charge in [0.1, 0.15) is 6.04 Å². The molecule has 1 heterocycles. The summed E-state index contributed by atoms with van der Waals surface area (Å²) in [4.78, 5) is 26.6. The van der Waals surface area contributed by atoms with E-state index in [1.165, 1.54) is 69.1 Å². The monoisotopic (exact) mass is 513 g/mol. The fraction of sp³-hybridized carbons (Fsp3) is 0.714. The van der Waals surface area contributed by atoms with Gasteiger partial charge in [-0.25, -0.2) is 13.6 Å². The van der Waals surface area contributed by atoms with Crippen LogP contribution in [-0.4, -0.2) is 43.1 Å². The van der Waals surface area contributed by atoms with Gasteiger partial charge in [-0.15, -0.1) is 0 Å². The van der Waals surface area contributed by atoms with E-state index in [9.17, 15) is 22.8 Å². The molecule has 0 radical (unpaired) electrons. The summed E-state index contributed by atoms with van der Waals surface area (Å²) < 4.78 is 52.1. The van der Waals surface area contributed by atoms with Gasteiger partial charge in [0.15, 0.2) is 17.4 Å². The molecule has 1 saturated heterocycles. The highest BCUT2D eigenvalue weighted by Crippen LogP contribution is 2.30. The zero-order valence-electron chi connectivity index (χ0n) is 21.9. The molecule has 36 heavy (non-hydrogen) atoms. The van der Waals surface area contributed by atoms with E-state index in [0.29, 0.717) is 18.9 Å². The number of carbonyl (C=O) groups excluding carboxylic acids is 2. The Bertz CT molecular complexity index is 834. The van der Waals surface area contributed by atoms with Crippen LogP contribution >= 0.6 is 0 Å². The Balaban J connectivity index is 1.66. The molecule has 1 unspecified atom stereocenters. The number of hydrogen-bond donors (Lipinski definition) is 0. The van der Waals surface area contributed by atoms with Gasteiger partial charge in [-0.05, 0) is 25.3 Å². The predicted molar refractivity (Wildman–Crippen MR) is 134 cm³/mol. The van der Waals surface area contributed by atoms with Crippen molar-refractivity contribution in [1.29, 1.82) is 0 Å². The lowest BCUT2D eigenvalue weighted by Gasteiger charge is -2.24. The maximum atomic E-state index is 14.5. The molecule has 0 aromatic heterocycles. The molecule has 1 fully saturated rings. The van der Waals surface area contributed by atoms with Crippen LogP contribution in [0.15, 0.2) is 6.07 Å². The summed E-state index contributed by atoms with van der Waals surface area (Å²) in [5.41, 5.74) is -0.665. The van der Waals surface area contributed by atoms with E-state index < -0.39 is 46.7 Å². The number of methoxy groups -OCH3 is 1. The molecule has 5 nitrogen and oxygen atoms in total. The lowest BCUT2D eigenvalue weighted by Crippen LogP contribution is -2.42. The van der Waals surface area contributed by atoms with Crippen molar-refractivity contribution in [2.45, 2.75) is 109 Å². The highest BCUT2D eigenvalue weighted by molar-refractivity contribution is 5.97. The van der Waals surface area contributed by atoms with E-state index in [2.05, 4.69) is 11.7 Å². The van der Waals surface area contributed by atoms with E-state index in [1.54, 1.807) is 0 Å². The molecule has 0 N–H and O–H groups in total. The largest absolute Gasteiger partial charge is 0.491 e. The van der Waals surface area contributed by atoms with E-state index in [4.69, 9.17) is 4.74 Å². The summed E-state index contributed by atoms with van der Waals surface area (Å²) in [6.07, 6.45) is 16.8. The Labute approximate surface area is 213 Å². The van der Waals surface area contributed by atoms with E-state index >= 15 is 0 Å². The first-order valence-electron chi connectivity index (χ1n) is 13.6. The fourth-order valence-electron chi connectivity index (χ4n) is 4.71. The van der Waals surface area contributed by atoms with Gasteiger partial charge in [0.25, 0.3) is 5.91 Å². The van der Waals surface area contributed by atoms with Crippen LogP contribution in [-0.2, 0) is 9.53 Å². The van der Waals surface area contributed by atoms with Crippen LogP contribution in [0.1, 0.15) is 114 Å². The van der Waals surface area contributed by atoms with Gasteiger partial charge < -0.3 is 14.4 Å². The summed E-state index contributed by atoms with van der Waals surface area (Å²) in [5.74, 6) is -6.56. The lowest BCUT2D eigenvalue weighted by atomic mass is 10.0. The van der Waals surface area contributed by atoms with Gasteiger partial charge in [0.05, 0.1) is 19.3 Å². The third kappa shape index (κ3) is 9.00. The minimum absolute atomic E-state index is 0.206. The fourth-order valence-corrected chi connectivity index (χ4v) is 4.71. The van der Waals surface area contributed by atoms with E-state index in [-0.39, 0.29) is 13.2 Å². The molecule has 1 aliphatic rings. The van der Waals surface area contributed by atoms with Crippen LogP contribution < -0.4 is 4.74 Å². The van der Waals surface area contributed by atoms with Crippen LogP contribution in [0.4, 0.5) is 13.2 Å². The second-order valence-electron chi connectivity index (χ2n) is 9.63. The number of carbonyl (C=O) groups is 2. The predicted octanol–water partition coefficient (Wildman–Crippen LogP) is 7.35. The smallest absolute Gasteiger partial charge is 0.328 e. The Morgan fingerprint density at radius 2 is 1.44 bits per heavy atom. The summed E-state index contributed by atoms with van der Waals surface area (Å²) in [6, 6.07) is -0.359. The maximum Gasteiger partial charge on any atom is 0.328 e. The number of halogens is 3. The SMILES string of the molecule is CCCCCCCCCCCCCCCOC(=O)C1CCCN1C(=O)c1cc(F)c(F)c(OC)c1F. The van der Waals surface area contributed by atoms with Crippen molar-refractivity contribution < 1.29 is 32.2 Å². The zero-order valence-corrected chi connectivity index (χ0v) is 21.9. The Hall–Kier alpha value is -2.25. The average molecular weight is 514 g/mol. The van der Waals surface area contributed by atoms with Crippen molar-refractivity contribution in [2.75, 3.05) is 20.3 Å². The normalized spacial score (nSPS) is 15.4. The quantitative estimate of drug-likeness (QED) is 0.124. The first-order valence-corrected chi connectivity index (χ1v) is 13.6. The molecular weight excluding hydrogens is 471 g/mol. The molecule has 8 heteroatoms. The minimum Gasteiger partial charge on any atom is -0.491 e. The van der Waals surface area contributed by atoms with Crippen LogP contribution in [0.3, 0.4) is 0 Å². The number of ether oxygens (including phenoxy) is 2. The van der Waals surface area contributed by atoms with Crippen LogP contribution in [0.25, 0.3) is 0 Å². The van der Waals surface area contributed by atoms with Crippen molar-refractivity contribution in [3.63, 3.8) is 0 Å². The molecule has 2 rings (SSSR count). The Morgan fingerprint density at radius 3 is 2.00 bits per heavy atom. The number of esters is 1. The van der Waals surface area contributed by atoms with Crippen LogP contribution in [0.5, 0.6) is 5.75 Å². The summed E-state index contributed by atoms with van der Waals surface area (Å²) in [6.45, 7) is 2.71. The molecule has 0 aliphatic carbocycles. The number of nitrogens with zero attached hydrogens (tertiary/aromatic N) is 1. The van der Waals surface area contributed by atoms with Crippen LogP contribution in [0.2, 0.25) is 0 Å². The van der Waals surface area contributed by atoms with E-state index in [1.807, 2.05) is 0 Å². The zero-order chi connectivity index (χ0) is 26.3. The van der Waals surface area contributed by atoms with Gasteiger partial charge >= 0.3 is 5.97 Å². The molecule has 1 atom stereocenters. The van der Waals surface area contributed by atoms with Gasteiger partial charge in [-0.2, -0.15) is 4.39 Å². The number of hydrogen-bond acceptors (Lipinski definition) is 4. The topological polar surface area (TPSA) is 55.8 Å². The van der Waals surface area contributed by atoms with Gasteiger partial charge in [0, 0.05) is 6.54 Å². The number of rotatable bonds is 17. The van der Waals surface area contributed by atoms with Crippen molar-refractivity contribution in [2.24, 2.45) is 0 Å². The molecule has 0 bridgehead atoms. The number of amides is 1. The molecule has 1 aromatic carbocycles. The lowest BCUT2D eigenvalue weighted by molar-refractivity contribution is -0.148. The standard InChI is InChI=1S/C28H42F3NO4/c1-3-4-5-6-7-8-9-10-11-12-13-14-15-19-36-28(34)23-17-16-18-32(23)27(33)21-20-22(29)25(31)26(35-2)24(21)30/h20,23H,3-19H2,1-2H3. The minimum atomic E-state index is -1.50. The maximum absolute atomic E-state index is 14.5. The molecule has 204 valence electrons. The van der Waals surface area contributed by atoms with Crippen molar-refractivity contribution >= 4 is 11.9 Å². The second kappa shape index (κ2) is 16.5. The second-order valence-corrected chi connectivity index (χ2v) is 9.63. The molecule has 1 amide bonds. The van der Waals surface area contributed by atoms with Crippen molar-refractivity contribution in [3.8, 4) is 5.75 Å². The Morgan fingerprint density at radius 1 is 0.889 bits per heavy atom. The van der Waals surface area contributed by atoms with Crippen LogP contribution in [0, 0.1) is 17.5 Å². The molecule has 0 spiro atoms. The summed E-state index contributed by atoms with van der Waals surface area (Å²) in [5, 5.41) is 0. The third-order valence-electron chi connectivity index (χ3n) is 6.83. The highest BCUT2D eigenvalue weighted by Gasteiger charge is 2.37. The highest BCUT2D eigenvalue weighted by atomic mass is 19.2. The third-order valence-corrected chi connectivity index (χ3v) is 6.83. The number of likely N-dealkylation sites (tertiary alicyclic amines) is 1. The average Bonchev–Trinajstić information content (AvgIpc) is 3.36. The number of unbranched alkanes of at least 4 members (excludes halogenated alkanes) is 12. The van der Waals surface area contributed by atoms with Crippen molar-refractivity contribution in [3.05, 3.63) is 29.1 Å². The molecule has 0 saturated carbocycles.